The van der Waals surface area contributed by atoms with Crippen molar-refractivity contribution in [2.45, 2.75) is 58.9 Å². The highest BCUT2D eigenvalue weighted by molar-refractivity contribution is 5.81. The van der Waals surface area contributed by atoms with Crippen molar-refractivity contribution in [1.82, 2.24) is 10.6 Å². The van der Waals surface area contributed by atoms with Crippen molar-refractivity contribution in [1.29, 1.82) is 0 Å². The standard InChI is InChI=1S/C13H26N4O4.C2H6/c1-10(18)5-4-8-16-12(19)11(15)6-2-3-7-17-13(20)21-9-14;1-2/h11H,2-9,14-15H2,1H3,(H,16,19)(H,17,20);1-2H3. The van der Waals surface area contributed by atoms with Crippen molar-refractivity contribution >= 4 is 17.8 Å². The van der Waals surface area contributed by atoms with Crippen LogP contribution >= 0.6 is 0 Å². The molecule has 1 unspecified atom stereocenters. The molecule has 0 aromatic rings. The van der Waals surface area contributed by atoms with E-state index in [4.69, 9.17) is 11.5 Å². The Balaban J connectivity index is 0. The number of nitrogens with one attached hydrogen (secondary N) is 2. The van der Waals surface area contributed by atoms with Gasteiger partial charge in [-0.05, 0) is 32.6 Å². The van der Waals surface area contributed by atoms with Crippen LogP contribution in [0.25, 0.3) is 0 Å². The molecule has 23 heavy (non-hydrogen) atoms. The van der Waals surface area contributed by atoms with Gasteiger partial charge in [-0.2, -0.15) is 0 Å². The fraction of sp³-hybridized carbons (Fsp3) is 0.800. The molecule has 0 aromatic heterocycles. The number of Topliss-reactive ketones (excluding diaryl/α,β-unsaturated/α-hetero) is 1. The molecule has 8 nitrogen and oxygen atoms in total. The summed E-state index contributed by atoms with van der Waals surface area (Å²) in [7, 11) is 0. The molecule has 0 aliphatic rings. The van der Waals surface area contributed by atoms with Crippen LogP contribution in [0.15, 0.2) is 0 Å². The highest BCUT2D eigenvalue weighted by Crippen LogP contribution is 1.99. The zero-order valence-corrected chi connectivity index (χ0v) is 14.5. The number of rotatable bonds is 11. The lowest BCUT2D eigenvalue weighted by molar-refractivity contribution is -0.123. The topological polar surface area (TPSA) is 137 Å². The van der Waals surface area contributed by atoms with Gasteiger partial charge >= 0.3 is 6.09 Å². The number of nitrogens with two attached hydrogens (primary N) is 2. The summed E-state index contributed by atoms with van der Waals surface area (Å²) in [5, 5.41) is 5.22. The Morgan fingerprint density at radius 3 is 2.22 bits per heavy atom. The number of hydrogen-bond donors (Lipinski definition) is 4. The predicted octanol–water partition coefficient (Wildman–Crippen LogP) is 0.638. The predicted molar refractivity (Wildman–Crippen MR) is 89.6 cm³/mol. The van der Waals surface area contributed by atoms with Crippen molar-refractivity contribution in [3.05, 3.63) is 0 Å². The van der Waals surface area contributed by atoms with E-state index >= 15 is 0 Å². The number of unbranched alkanes of at least 4 members (excludes halogenated alkanes) is 1. The molecule has 0 heterocycles. The number of ketones is 1. The molecule has 1 atom stereocenters. The molecule has 8 heteroatoms. The lowest BCUT2D eigenvalue weighted by atomic mass is 10.1. The highest BCUT2D eigenvalue weighted by Gasteiger charge is 2.12. The van der Waals surface area contributed by atoms with Gasteiger partial charge in [0.15, 0.2) is 0 Å². The number of carbonyl (C=O) groups is 3. The summed E-state index contributed by atoms with van der Waals surface area (Å²) in [6, 6.07) is -0.571. The van der Waals surface area contributed by atoms with Crippen LogP contribution in [0.4, 0.5) is 4.79 Å². The Labute approximate surface area is 138 Å². The SMILES string of the molecule is CC.CC(=O)CCCNC(=O)C(N)CCCCNC(=O)OCN. The molecule has 0 aliphatic carbocycles. The highest BCUT2D eigenvalue weighted by atomic mass is 16.6. The number of ether oxygens (including phenoxy) is 1. The number of carbonyl (C=O) groups excluding carboxylic acids is 3. The van der Waals surface area contributed by atoms with Crippen molar-refractivity contribution in [3.8, 4) is 0 Å². The molecule has 0 radical (unpaired) electrons. The Hall–Kier alpha value is -1.67. The summed E-state index contributed by atoms with van der Waals surface area (Å²) < 4.78 is 4.49. The number of hydrogen-bond acceptors (Lipinski definition) is 6. The Kier molecular flexibility index (Phi) is 17.1. The normalized spacial score (nSPS) is 10.8. The first kappa shape index (κ1) is 23.6. The van der Waals surface area contributed by atoms with Crippen molar-refractivity contribution in [3.63, 3.8) is 0 Å². The van der Waals surface area contributed by atoms with E-state index in [-0.39, 0.29) is 18.4 Å². The second-order valence-electron chi connectivity index (χ2n) is 4.72. The van der Waals surface area contributed by atoms with Gasteiger partial charge in [0.1, 0.15) is 12.5 Å². The first-order valence-electron chi connectivity index (χ1n) is 8.10. The second-order valence-corrected chi connectivity index (χ2v) is 4.72. The third-order valence-corrected chi connectivity index (χ3v) is 2.77. The summed E-state index contributed by atoms with van der Waals surface area (Å²) in [6.45, 7) is 6.27. The van der Waals surface area contributed by atoms with Crippen molar-refractivity contribution in [2.24, 2.45) is 11.5 Å². The molecule has 2 amide bonds. The van der Waals surface area contributed by atoms with Gasteiger partial charge in [0.25, 0.3) is 0 Å². The van der Waals surface area contributed by atoms with Crippen molar-refractivity contribution < 1.29 is 19.1 Å². The van der Waals surface area contributed by atoms with Crippen LogP contribution in [0.5, 0.6) is 0 Å². The molecule has 136 valence electrons. The minimum atomic E-state index is -0.571. The van der Waals surface area contributed by atoms with Crippen molar-refractivity contribution in [2.75, 3.05) is 19.8 Å². The Morgan fingerprint density at radius 2 is 1.65 bits per heavy atom. The summed E-state index contributed by atoms with van der Waals surface area (Å²) >= 11 is 0. The average Bonchev–Trinajstić information content (AvgIpc) is 2.52. The van der Waals surface area contributed by atoms with E-state index in [2.05, 4.69) is 15.4 Å². The molecule has 6 N–H and O–H groups in total. The summed E-state index contributed by atoms with van der Waals surface area (Å²) in [6.07, 6.45) is 2.48. The van der Waals surface area contributed by atoms with Crippen LogP contribution in [0, 0.1) is 0 Å². The van der Waals surface area contributed by atoms with E-state index in [0.29, 0.717) is 45.2 Å². The van der Waals surface area contributed by atoms with Gasteiger partial charge in [0.05, 0.1) is 6.04 Å². The molecular weight excluding hydrogens is 300 g/mol. The van der Waals surface area contributed by atoms with Crippen LogP contribution in [-0.4, -0.2) is 43.6 Å². The maximum atomic E-state index is 11.6. The Morgan fingerprint density at radius 1 is 1.04 bits per heavy atom. The lowest BCUT2D eigenvalue weighted by Crippen LogP contribution is -2.41. The molecule has 0 fully saturated rings. The largest absolute Gasteiger partial charge is 0.434 e. The minimum Gasteiger partial charge on any atom is -0.434 e. The van der Waals surface area contributed by atoms with E-state index in [0.717, 1.165) is 0 Å². The van der Waals surface area contributed by atoms with Gasteiger partial charge in [-0.25, -0.2) is 4.79 Å². The average molecular weight is 332 g/mol. The van der Waals surface area contributed by atoms with Crippen LogP contribution < -0.4 is 22.1 Å². The van der Waals surface area contributed by atoms with E-state index < -0.39 is 12.1 Å². The van der Waals surface area contributed by atoms with E-state index in [1.807, 2.05) is 13.8 Å². The molecule has 0 spiro atoms. The summed E-state index contributed by atoms with van der Waals surface area (Å²) in [5.41, 5.74) is 10.8. The summed E-state index contributed by atoms with van der Waals surface area (Å²) in [5.74, 6) is -0.108. The third-order valence-electron chi connectivity index (χ3n) is 2.77. The monoisotopic (exact) mass is 332 g/mol. The maximum Gasteiger partial charge on any atom is 0.408 e. The quantitative estimate of drug-likeness (QED) is 0.324. The van der Waals surface area contributed by atoms with Crippen LogP contribution in [0.3, 0.4) is 0 Å². The van der Waals surface area contributed by atoms with Crippen LogP contribution in [0.2, 0.25) is 0 Å². The first-order valence-corrected chi connectivity index (χ1v) is 8.10. The zero-order chi connectivity index (χ0) is 18.1. The lowest BCUT2D eigenvalue weighted by Gasteiger charge is -2.12. The van der Waals surface area contributed by atoms with E-state index in [1.54, 1.807) is 0 Å². The summed E-state index contributed by atoms with van der Waals surface area (Å²) in [4.78, 5) is 33.3. The van der Waals surface area contributed by atoms with Gasteiger partial charge in [0, 0.05) is 19.5 Å². The second kappa shape index (κ2) is 16.7. The van der Waals surface area contributed by atoms with Crippen LogP contribution in [-0.2, 0) is 14.3 Å². The number of alkyl carbamates (subject to hydrolysis) is 1. The van der Waals surface area contributed by atoms with Crippen LogP contribution in [0.1, 0.15) is 52.9 Å². The third kappa shape index (κ3) is 16.5. The molecule has 0 saturated heterocycles. The molecule has 0 saturated carbocycles. The molecular formula is C15H32N4O4. The molecule has 0 aliphatic heterocycles. The first-order chi connectivity index (χ1) is 11.0. The molecule has 0 aromatic carbocycles. The van der Waals surface area contributed by atoms with E-state index in [9.17, 15) is 14.4 Å². The zero-order valence-electron chi connectivity index (χ0n) is 14.5. The smallest absolute Gasteiger partial charge is 0.408 e. The number of amides is 2. The van der Waals surface area contributed by atoms with Gasteiger partial charge in [-0.3, -0.25) is 10.5 Å². The fourth-order valence-electron chi connectivity index (χ4n) is 1.62. The van der Waals surface area contributed by atoms with Gasteiger partial charge in [0.2, 0.25) is 5.91 Å². The fourth-order valence-corrected chi connectivity index (χ4v) is 1.62. The molecule has 0 rings (SSSR count). The van der Waals surface area contributed by atoms with Gasteiger partial charge in [-0.15, -0.1) is 0 Å². The minimum absolute atomic E-state index is 0.106. The Bertz CT molecular complexity index is 337. The van der Waals surface area contributed by atoms with E-state index in [1.165, 1.54) is 6.92 Å². The van der Waals surface area contributed by atoms with Gasteiger partial charge < -0.3 is 25.9 Å². The molecule has 0 bridgehead atoms. The van der Waals surface area contributed by atoms with Gasteiger partial charge in [-0.1, -0.05) is 13.8 Å². The maximum absolute atomic E-state index is 11.6.